The normalized spacial score (nSPS) is 19.9. The van der Waals surface area contributed by atoms with E-state index >= 15 is 0 Å². The summed E-state index contributed by atoms with van der Waals surface area (Å²) in [5.41, 5.74) is 0. The Labute approximate surface area is 101 Å². The van der Waals surface area contributed by atoms with Gasteiger partial charge in [-0.3, -0.25) is 4.90 Å². The third kappa shape index (κ3) is 6.46. The van der Waals surface area contributed by atoms with Crippen LogP contribution in [-0.2, 0) is 0 Å². The number of unbranched alkanes of at least 4 members (excludes halogenated alkanes) is 2. The first kappa shape index (κ1) is 13.9. The Hall–Kier alpha value is -0.120. The highest BCUT2D eigenvalue weighted by Gasteiger charge is 2.08. The molecular weight excluding hydrogens is 198 g/mol. The minimum Gasteiger partial charge on any atom is -0.314 e. The van der Waals surface area contributed by atoms with Gasteiger partial charge in [0, 0.05) is 45.3 Å². The second-order valence-corrected chi connectivity index (χ2v) is 4.94. The molecule has 1 saturated heterocycles. The van der Waals surface area contributed by atoms with E-state index in [0.717, 1.165) is 19.6 Å². The molecule has 0 spiro atoms. The lowest BCUT2D eigenvalue weighted by atomic mass is 10.1. The number of hydrogen-bond donors (Lipinski definition) is 2. The predicted octanol–water partition coefficient (Wildman–Crippen LogP) is 1.45. The Balaban J connectivity index is 1.92. The molecule has 96 valence electrons. The maximum atomic E-state index is 3.63. The minimum atomic E-state index is 0.689. The van der Waals surface area contributed by atoms with Crippen molar-refractivity contribution in [2.75, 3.05) is 39.3 Å². The van der Waals surface area contributed by atoms with Crippen molar-refractivity contribution in [1.29, 1.82) is 0 Å². The zero-order valence-corrected chi connectivity index (χ0v) is 11.1. The van der Waals surface area contributed by atoms with Crippen molar-refractivity contribution in [3.05, 3.63) is 0 Å². The molecule has 0 aliphatic carbocycles. The van der Waals surface area contributed by atoms with Gasteiger partial charge in [-0.25, -0.2) is 0 Å². The molecular formula is C13H29N3. The molecule has 1 atom stereocenters. The van der Waals surface area contributed by atoms with E-state index < -0.39 is 0 Å². The van der Waals surface area contributed by atoms with E-state index in [-0.39, 0.29) is 0 Å². The highest BCUT2D eigenvalue weighted by Crippen LogP contribution is 2.02. The summed E-state index contributed by atoms with van der Waals surface area (Å²) >= 11 is 0. The molecule has 16 heavy (non-hydrogen) atoms. The van der Waals surface area contributed by atoms with E-state index in [1.165, 1.54) is 45.3 Å². The van der Waals surface area contributed by atoms with Crippen LogP contribution < -0.4 is 10.6 Å². The summed E-state index contributed by atoms with van der Waals surface area (Å²) in [7, 11) is 0. The lowest BCUT2D eigenvalue weighted by Gasteiger charge is -2.27. The summed E-state index contributed by atoms with van der Waals surface area (Å²) in [6.07, 6.45) is 5.41. The maximum Gasteiger partial charge on any atom is 0.0108 e. The fourth-order valence-corrected chi connectivity index (χ4v) is 2.21. The minimum absolute atomic E-state index is 0.689. The molecule has 1 heterocycles. The maximum absolute atomic E-state index is 3.63. The summed E-state index contributed by atoms with van der Waals surface area (Å²) in [5, 5.41) is 7.01. The fourth-order valence-electron chi connectivity index (χ4n) is 2.21. The highest BCUT2D eigenvalue weighted by atomic mass is 15.2. The van der Waals surface area contributed by atoms with Crippen molar-refractivity contribution in [3.8, 4) is 0 Å². The molecule has 1 unspecified atom stereocenters. The van der Waals surface area contributed by atoms with Gasteiger partial charge >= 0.3 is 0 Å². The van der Waals surface area contributed by atoms with Crippen LogP contribution in [0.25, 0.3) is 0 Å². The molecule has 1 rings (SSSR count). The third-order valence-corrected chi connectivity index (χ3v) is 3.37. The standard InChI is InChI=1S/C13H29N3/c1-3-4-5-6-13(2)15-9-12-16-10-7-14-8-11-16/h13-15H,3-12H2,1-2H3. The van der Waals surface area contributed by atoms with E-state index in [1.54, 1.807) is 0 Å². The molecule has 3 heteroatoms. The fraction of sp³-hybridized carbons (Fsp3) is 1.00. The quantitative estimate of drug-likeness (QED) is 0.615. The van der Waals surface area contributed by atoms with E-state index in [9.17, 15) is 0 Å². The van der Waals surface area contributed by atoms with Crippen molar-refractivity contribution in [2.24, 2.45) is 0 Å². The van der Waals surface area contributed by atoms with Crippen molar-refractivity contribution in [2.45, 2.75) is 45.6 Å². The molecule has 1 fully saturated rings. The molecule has 3 nitrogen and oxygen atoms in total. The highest BCUT2D eigenvalue weighted by molar-refractivity contribution is 4.69. The average molecular weight is 227 g/mol. The number of nitrogens with zero attached hydrogens (tertiary/aromatic N) is 1. The SMILES string of the molecule is CCCCCC(C)NCCN1CCNCC1. The summed E-state index contributed by atoms with van der Waals surface area (Å²) in [4.78, 5) is 2.54. The Bertz CT molecular complexity index is 155. The van der Waals surface area contributed by atoms with Gasteiger partial charge in [0.15, 0.2) is 0 Å². The van der Waals surface area contributed by atoms with Crippen LogP contribution in [0, 0.1) is 0 Å². The Kier molecular flexibility index (Phi) is 7.81. The summed E-state index contributed by atoms with van der Waals surface area (Å²) in [6, 6.07) is 0.689. The van der Waals surface area contributed by atoms with Gasteiger partial charge in [-0.15, -0.1) is 0 Å². The van der Waals surface area contributed by atoms with Crippen molar-refractivity contribution < 1.29 is 0 Å². The van der Waals surface area contributed by atoms with Crippen molar-refractivity contribution in [1.82, 2.24) is 15.5 Å². The van der Waals surface area contributed by atoms with E-state index in [4.69, 9.17) is 0 Å². The molecule has 0 saturated carbocycles. The van der Waals surface area contributed by atoms with Crippen molar-refractivity contribution in [3.63, 3.8) is 0 Å². The van der Waals surface area contributed by atoms with Gasteiger partial charge in [0.1, 0.15) is 0 Å². The summed E-state index contributed by atoms with van der Waals surface area (Å²) in [5.74, 6) is 0. The summed E-state index contributed by atoms with van der Waals surface area (Å²) in [6.45, 7) is 11.7. The van der Waals surface area contributed by atoms with Gasteiger partial charge in [0.05, 0.1) is 0 Å². The molecule has 0 radical (unpaired) electrons. The van der Waals surface area contributed by atoms with Gasteiger partial charge in [-0.1, -0.05) is 26.2 Å². The van der Waals surface area contributed by atoms with Crippen molar-refractivity contribution >= 4 is 0 Å². The predicted molar refractivity (Wildman–Crippen MR) is 70.9 cm³/mol. The molecule has 0 amide bonds. The number of nitrogens with one attached hydrogen (secondary N) is 2. The molecule has 0 aromatic rings. The number of hydrogen-bond acceptors (Lipinski definition) is 3. The first-order valence-corrected chi connectivity index (χ1v) is 6.99. The van der Waals surface area contributed by atoms with Gasteiger partial charge in [-0.2, -0.15) is 0 Å². The molecule has 0 aromatic carbocycles. The number of rotatable bonds is 8. The van der Waals surface area contributed by atoms with Crippen LogP contribution in [0.1, 0.15) is 39.5 Å². The number of piperazine rings is 1. The Morgan fingerprint density at radius 3 is 2.69 bits per heavy atom. The van der Waals surface area contributed by atoms with Crippen LogP contribution in [0.4, 0.5) is 0 Å². The van der Waals surface area contributed by atoms with Crippen LogP contribution >= 0.6 is 0 Å². The van der Waals surface area contributed by atoms with Gasteiger partial charge in [0.2, 0.25) is 0 Å². The van der Waals surface area contributed by atoms with Crippen LogP contribution in [0.2, 0.25) is 0 Å². The van der Waals surface area contributed by atoms with Crippen LogP contribution in [-0.4, -0.2) is 50.2 Å². The average Bonchev–Trinajstić information content (AvgIpc) is 2.31. The molecule has 1 aliphatic heterocycles. The van der Waals surface area contributed by atoms with Gasteiger partial charge < -0.3 is 10.6 Å². The summed E-state index contributed by atoms with van der Waals surface area (Å²) < 4.78 is 0. The smallest absolute Gasteiger partial charge is 0.0108 e. The topological polar surface area (TPSA) is 27.3 Å². The van der Waals surface area contributed by atoms with Gasteiger partial charge in [-0.05, 0) is 13.3 Å². The van der Waals surface area contributed by atoms with Crippen LogP contribution in [0.5, 0.6) is 0 Å². The zero-order chi connectivity index (χ0) is 11.6. The lowest BCUT2D eigenvalue weighted by molar-refractivity contribution is 0.238. The van der Waals surface area contributed by atoms with Crippen LogP contribution in [0.15, 0.2) is 0 Å². The monoisotopic (exact) mass is 227 g/mol. The van der Waals surface area contributed by atoms with Gasteiger partial charge in [0.25, 0.3) is 0 Å². The third-order valence-electron chi connectivity index (χ3n) is 3.37. The van der Waals surface area contributed by atoms with E-state index in [1.807, 2.05) is 0 Å². The van der Waals surface area contributed by atoms with Crippen LogP contribution in [0.3, 0.4) is 0 Å². The molecule has 0 bridgehead atoms. The molecule has 2 N–H and O–H groups in total. The second kappa shape index (κ2) is 8.97. The van der Waals surface area contributed by atoms with E-state index in [2.05, 4.69) is 29.4 Å². The molecule has 1 aliphatic rings. The van der Waals surface area contributed by atoms with E-state index in [0.29, 0.717) is 6.04 Å². The largest absolute Gasteiger partial charge is 0.314 e. The first-order chi connectivity index (χ1) is 7.83. The second-order valence-electron chi connectivity index (χ2n) is 4.94. The molecule has 0 aromatic heterocycles. The zero-order valence-electron chi connectivity index (χ0n) is 11.1. The Morgan fingerprint density at radius 2 is 2.00 bits per heavy atom. The lowest BCUT2D eigenvalue weighted by Crippen LogP contribution is -2.46. The first-order valence-electron chi connectivity index (χ1n) is 6.99. The Morgan fingerprint density at radius 1 is 1.25 bits per heavy atom.